The molecule has 2 fully saturated rings. The maximum atomic E-state index is 13.0. The first-order valence-electron chi connectivity index (χ1n) is 9.41. The number of nitrogens with zero attached hydrogens (tertiary/aromatic N) is 4. The van der Waals surface area contributed by atoms with Crippen molar-refractivity contribution in [2.45, 2.75) is 63.8 Å². The average molecular weight is 342 g/mol. The van der Waals surface area contributed by atoms with Gasteiger partial charge in [-0.25, -0.2) is 4.98 Å². The predicted molar refractivity (Wildman–Crippen MR) is 93.3 cm³/mol. The van der Waals surface area contributed by atoms with Gasteiger partial charge in [0, 0.05) is 31.8 Å². The Balaban J connectivity index is 1.53. The molecule has 2 aromatic heterocycles. The predicted octanol–water partition coefficient (Wildman–Crippen LogP) is 3.74. The normalized spacial score (nSPS) is 21.8. The van der Waals surface area contributed by atoms with Gasteiger partial charge < -0.3 is 14.0 Å². The first kappa shape index (κ1) is 16.4. The molecule has 1 saturated carbocycles. The number of likely N-dealkylation sites (tertiary alicyclic amines) is 1. The van der Waals surface area contributed by atoms with Crippen molar-refractivity contribution in [1.82, 2.24) is 19.6 Å². The molecule has 0 aromatic carbocycles. The molecule has 25 heavy (non-hydrogen) atoms. The van der Waals surface area contributed by atoms with Crippen LogP contribution >= 0.6 is 0 Å². The van der Waals surface area contributed by atoms with E-state index in [9.17, 15) is 4.79 Å². The zero-order valence-corrected chi connectivity index (χ0v) is 15.1. The maximum absolute atomic E-state index is 13.0. The van der Waals surface area contributed by atoms with Crippen LogP contribution in [0.2, 0.25) is 0 Å². The summed E-state index contributed by atoms with van der Waals surface area (Å²) in [5.74, 6) is 1.72. The highest BCUT2D eigenvalue weighted by atomic mass is 16.5. The summed E-state index contributed by atoms with van der Waals surface area (Å²) in [4.78, 5) is 19.5. The van der Waals surface area contributed by atoms with Crippen molar-refractivity contribution in [1.29, 1.82) is 0 Å². The third kappa shape index (κ3) is 3.10. The Morgan fingerprint density at radius 1 is 1.20 bits per heavy atom. The second kappa shape index (κ2) is 6.65. The van der Waals surface area contributed by atoms with Gasteiger partial charge in [-0.3, -0.25) is 4.79 Å². The van der Waals surface area contributed by atoms with E-state index in [1.54, 1.807) is 0 Å². The van der Waals surface area contributed by atoms with Crippen LogP contribution in [0.25, 0.3) is 0 Å². The van der Waals surface area contributed by atoms with Crippen LogP contribution in [0.3, 0.4) is 0 Å². The van der Waals surface area contributed by atoms with Crippen molar-refractivity contribution in [3.63, 3.8) is 0 Å². The number of imidazole rings is 1. The van der Waals surface area contributed by atoms with Crippen molar-refractivity contribution in [3.05, 3.63) is 35.2 Å². The summed E-state index contributed by atoms with van der Waals surface area (Å²) in [6.45, 7) is 2.73. The third-order valence-corrected chi connectivity index (χ3v) is 5.61. The number of rotatable bonds is 3. The first-order chi connectivity index (χ1) is 12.1. The molecule has 1 saturated heterocycles. The minimum Gasteiger partial charge on any atom is -0.351 e. The van der Waals surface area contributed by atoms with E-state index in [4.69, 9.17) is 4.52 Å². The highest BCUT2D eigenvalue weighted by Gasteiger charge is 2.35. The molecule has 1 atom stereocenters. The van der Waals surface area contributed by atoms with Crippen LogP contribution in [-0.4, -0.2) is 32.1 Å². The molecule has 1 aliphatic heterocycles. The van der Waals surface area contributed by atoms with E-state index < -0.39 is 0 Å². The Hall–Kier alpha value is -2.11. The molecule has 0 radical (unpaired) electrons. The van der Waals surface area contributed by atoms with Crippen LogP contribution in [0.4, 0.5) is 0 Å². The Labute approximate surface area is 148 Å². The van der Waals surface area contributed by atoms with Crippen LogP contribution in [0.1, 0.15) is 84.7 Å². The molecule has 4 rings (SSSR count). The largest absolute Gasteiger partial charge is 0.351 e. The third-order valence-electron chi connectivity index (χ3n) is 5.61. The van der Waals surface area contributed by atoms with Crippen LogP contribution in [0.15, 0.2) is 16.8 Å². The summed E-state index contributed by atoms with van der Waals surface area (Å²) in [6.07, 6.45) is 10.0. The molecule has 0 bridgehead atoms. The van der Waals surface area contributed by atoms with Gasteiger partial charge in [-0.05, 0) is 32.6 Å². The summed E-state index contributed by atoms with van der Waals surface area (Å²) in [5, 5.41) is 4.21. The van der Waals surface area contributed by atoms with Gasteiger partial charge in [0.2, 0.25) is 5.76 Å². The summed E-state index contributed by atoms with van der Waals surface area (Å²) in [7, 11) is 1.99. The number of carbonyl (C=O) groups excluding carboxylic acids is 1. The molecule has 1 aliphatic carbocycles. The average Bonchev–Trinajstić information content (AvgIpc) is 3.34. The van der Waals surface area contributed by atoms with Gasteiger partial charge in [-0.15, -0.1) is 0 Å². The van der Waals surface area contributed by atoms with E-state index >= 15 is 0 Å². The van der Waals surface area contributed by atoms with E-state index in [0.29, 0.717) is 11.7 Å². The van der Waals surface area contributed by atoms with Gasteiger partial charge in [0.15, 0.2) is 0 Å². The van der Waals surface area contributed by atoms with Crippen molar-refractivity contribution >= 4 is 5.91 Å². The minimum atomic E-state index is -0.0577. The van der Waals surface area contributed by atoms with Gasteiger partial charge in [-0.2, -0.15) is 0 Å². The second-order valence-electron chi connectivity index (χ2n) is 7.46. The van der Waals surface area contributed by atoms with Gasteiger partial charge in [-0.1, -0.05) is 24.4 Å². The standard InChI is InChI=1S/C19H26N4O2/c1-13-12-22(2)18(20-13)16-9-6-10-23(16)19(24)17-11-15(21-25-17)14-7-4-3-5-8-14/h11-12,14,16H,3-10H2,1-2H3/t16-/m0/s1. The fourth-order valence-electron chi connectivity index (χ4n) is 4.34. The van der Waals surface area contributed by atoms with E-state index in [1.165, 1.54) is 19.3 Å². The van der Waals surface area contributed by atoms with E-state index in [2.05, 4.69) is 10.1 Å². The van der Waals surface area contributed by atoms with E-state index in [0.717, 1.165) is 49.4 Å². The molecule has 6 nitrogen and oxygen atoms in total. The highest BCUT2D eigenvalue weighted by molar-refractivity contribution is 5.92. The summed E-state index contributed by atoms with van der Waals surface area (Å²) < 4.78 is 7.47. The van der Waals surface area contributed by atoms with Crippen molar-refractivity contribution in [3.8, 4) is 0 Å². The number of amides is 1. The Morgan fingerprint density at radius 3 is 2.72 bits per heavy atom. The maximum Gasteiger partial charge on any atom is 0.293 e. The molecule has 2 aromatic rings. The lowest BCUT2D eigenvalue weighted by Crippen LogP contribution is -2.31. The van der Waals surface area contributed by atoms with Gasteiger partial charge in [0.05, 0.1) is 17.4 Å². The number of hydrogen-bond acceptors (Lipinski definition) is 4. The fourth-order valence-corrected chi connectivity index (χ4v) is 4.34. The van der Waals surface area contributed by atoms with E-state index in [1.807, 2.05) is 35.7 Å². The zero-order chi connectivity index (χ0) is 17.4. The van der Waals surface area contributed by atoms with Crippen LogP contribution < -0.4 is 0 Å². The molecule has 0 unspecified atom stereocenters. The smallest absolute Gasteiger partial charge is 0.293 e. The lowest BCUT2D eigenvalue weighted by atomic mass is 9.87. The number of aromatic nitrogens is 3. The fraction of sp³-hybridized carbons (Fsp3) is 0.632. The lowest BCUT2D eigenvalue weighted by Gasteiger charge is -2.23. The van der Waals surface area contributed by atoms with Crippen molar-refractivity contribution < 1.29 is 9.32 Å². The molecular weight excluding hydrogens is 316 g/mol. The molecule has 6 heteroatoms. The SMILES string of the molecule is Cc1cn(C)c([C@@H]2CCCN2C(=O)c2cc(C3CCCCC3)no2)n1. The first-order valence-corrected chi connectivity index (χ1v) is 9.41. The molecule has 134 valence electrons. The number of carbonyl (C=O) groups is 1. The van der Waals surface area contributed by atoms with Gasteiger partial charge >= 0.3 is 0 Å². The van der Waals surface area contributed by atoms with Gasteiger partial charge in [0.25, 0.3) is 5.91 Å². The summed E-state index contributed by atoms with van der Waals surface area (Å²) in [6, 6.07) is 1.90. The molecule has 1 amide bonds. The van der Waals surface area contributed by atoms with Crippen LogP contribution in [0.5, 0.6) is 0 Å². The second-order valence-corrected chi connectivity index (χ2v) is 7.46. The molecule has 0 spiro atoms. The topological polar surface area (TPSA) is 64.2 Å². The van der Waals surface area contributed by atoms with Crippen LogP contribution in [0, 0.1) is 6.92 Å². The van der Waals surface area contributed by atoms with E-state index in [-0.39, 0.29) is 11.9 Å². The number of hydrogen-bond donors (Lipinski definition) is 0. The summed E-state index contributed by atoms with van der Waals surface area (Å²) >= 11 is 0. The Kier molecular flexibility index (Phi) is 4.36. The monoisotopic (exact) mass is 342 g/mol. The molecule has 3 heterocycles. The minimum absolute atomic E-state index is 0.0226. The van der Waals surface area contributed by atoms with Crippen molar-refractivity contribution in [2.24, 2.45) is 7.05 Å². The molecular formula is C19H26N4O2. The van der Waals surface area contributed by atoms with Gasteiger partial charge in [0.1, 0.15) is 5.82 Å². The van der Waals surface area contributed by atoms with Crippen molar-refractivity contribution in [2.75, 3.05) is 6.54 Å². The zero-order valence-electron chi connectivity index (χ0n) is 15.1. The molecule has 0 N–H and O–H groups in total. The highest BCUT2D eigenvalue weighted by Crippen LogP contribution is 2.35. The summed E-state index contributed by atoms with van der Waals surface area (Å²) in [5.41, 5.74) is 1.93. The molecule has 2 aliphatic rings. The quantitative estimate of drug-likeness (QED) is 0.852. The number of aryl methyl sites for hydroxylation is 2. The Bertz CT molecular complexity index is 757. The Morgan fingerprint density at radius 2 is 2.00 bits per heavy atom. The van der Waals surface area contributed by atoms with Crippen LogP contribution in [-0.2, 0) is 7.05 Å². The lowest BCUT2D eigenvalue weighted by molar-refractivity contribution is 0.0685.